The summed E-state index contributed by atoms with van der Waals surface area (Å²) in [5.74, 6) is 0.918. The molecular weight excluding hydrogens is 202 g/mol. The molecule has 4 heteroatoms. The molecule has 0 radical (unpaired) electrons. The van der Waals surface area contributed by atoms with E-state index in [1.165, 1.54) is 6.42 Å². The van der Waals surface area contributed by atoms with Gasteiger partial charge in [0.15, 0.2) is 0 Å². The van der Waals surface area contributed by atoms with Gasteiger partial charge in [-0.15, -0.1) is 0 Å². The van der Waals surface area contributed by atoms with Crippen LogP contribution in [0.1, 0.15) is 24.8 Å². The average Bonchev–Trinajstić information content (AvgIpc) is 2.81. The maximum Gasteiger partial charge on any atom is 0.0997 e. The smallest absolute Gasteiger partial charge is 0.0997 e. The Kier molecular flexibility index (Phi) is 1.43. The molecule has 2 unspecified atom stereocenters. The first-order valence-electron chi connectivity index (χ1n) is 5.82. The second-order valence-corrected chi connectivity index (χ2v) is 4.93. The molecule has 0 aromatic carbocycles. The number of fused-ring (bicyclic) bond motifs is 2. The Morgan fingerprint density at radius 1 is 1.31 bits per heavy atom. The van der Waals surface area contributed by atoms with E-state index in [9.17, 15) is 5.11 Å². The molecule has 82 valence electrons. The van der Waals surface area contributed by atoms with Crippen molar-refractivity contribution in [1.29, 1.82) is 0 Å². The fourth-order valence-corrected chi connectivity index (χ4v) is 3.46. The third-order valence-electron chi connectivity index (χ3n) is 4.29. The van der Waals surface area contributed by atoms with E-state index in [2.05, 4.69) is 10.1 Å². The number of hydrogen-bond acceptors (Lipinski definition) is 3. The topological polar surface area (TPSA) is 50.4 Å². The SMILES string of the molecule is OC1(c2cnn3ccncc23)C2CCCC21. The van der Waals surface area contributed by atoms with E-state index in [1.807, 2.05) is 6.20 Å². The molecule has 0 amide bonds. The monoisotopic (exact) mass is 215 g/mol. The molecule has 0 saturated heterocycles. The van der Waals surface area contributed by atoms with Gasteiger partial charge in [0.05, 0.1) is 23.5 Å². The molecule has 2 aliphatic rings. The standard InChI is InChI=1S/C12H13N3O/c16-12(8-2-1-3-9(8)12)10-6-14-15-5-4-13-7-11(10)15/h4-9,16H,1-3H2. The summed E-state index contributed by atoms with van der Waals surface area (Å²) in [7, 11) is 0. The van der Waals surface area contributed by atoms with E-state index in [0.29, 0.717) is 11.8 Å². The van der Waals surface area contributed by atoms with Gasteiger partial charge >= 0.3 is 0 Å². The Hall–Kier alpha value is -1.42. The molecule has 4 rings (SSSR count). The lowest BCUT2D eigenvalue weighted by molar-refractivity contribution is 0.107. The zero-order chi connectivity index (χ0) is 10.8. The molecule has 0 spiro atoms. The molecule has 2 saturated carbocycles. The van der Waals surface area contributed by atoms with Crippen LogP contribution in [0.3, 0.4) is 0 Å². The van der Waals surface area contributed by atoms with E-state index in [1.54, 1.807) is 23.1 Å². The van der Waals surface area contributed by atoms with Gasteiger partial charge in [-0.1, -0.05) is 6.42 Å². The van der Waals surface area contributed by atoms with Crippen molar-refractivity contribution >= 4 is 5.52 Å². The maximum atomic E-state index is 10.7. The molecule has 2 aromatic rings. The van der Waals surface area contributed by atoms with E-state index >= 15 is 0 Å². The lowest BCUT2D eigenvalue weighted by atomic mass is 10.0. The molecule has 2 heterocycles. The normalized spacial score (nSPS) is 36.6. The lowest BCUT2D eigenvalue weighted by Gasteiger charge is -2.12. The first kappa shape index (κ1) is 8.70. The summed E-state index contributed by atoms with van der Waals surface area (Å²) >= 11 is 0. The summed E-state index contributed by atoms with van der Waals surface area (Å²) in [6.07, 6.45) is 10.7. The molecule has 2 aromatic heterocycles. The first-order valence-corrected chi connectivity index (χ1v) is 5.82. The Labute approximate surface area is 92.9 Å². The van der Waals surface area contributed by atoms with Gasteiger partial charge in [-0.3, -0.25) is 4.98 Å². The minimum Gasteiger partial charge on any atom is -0.384 e. The van der Waals surface area contributed by atoms with Gasteiger partial charge in [-0.05, 0) is 24.7 Å². The van der Waals surface area contributed by atoms with Gasteiger partial charge in [0.1, 0.15) is 0 Å². The Morgan fingerprint density at radius 2 is 2.12 bits per heavy atom. The van der Waals surface area contributed by atoms with Gasteiger partial charge < -0.3 is 5.11 Å². The van der Waals surface area contributed by atoms with Crippen LogP contribution in [-0.2, 0) is 5.60 Å². The summed E-state index contributed by atoms with van der Waals surface area (Å²) in [6.45, 7) is 0. The number of hydrogen-bond donors (Lipinski definition) is 1. The van der Waals surface area contributed by atoms with Crippen molar-refractivity contribution in [3.05, 3.63) is 30.4 Å². The van der Waals surface area contributed by atoms with Gasteiger partial charge in [0, 0.05) is 18.0 Å². The van der Waals surface area contributed by atoms with E-state index in [4.69, 9.17) is 0 Å². The van der Waals surface area contributed by atoms with Crippen molar-refractivity contribution in [1.82, 2.24) is 14.6 Å². The van der Waals surface area contributed by atoms with Crippen LogP contribution in [0.5, 0.6) is 0 Å². The van der Waals surface area contributed by atoms with Crippen LogP contribution < -0.4 is 0 Å². The predicted molar refractivity (Wildman–Crippen MR) is 57.7 cm³/mol. The van der Waals surface area contributed by atoms with Crippen molar-refractivity contribution in [2.75, 3.05) is 0 Å². The summed E-state index contributed by atoms with van der Waals surface area (Å²) in [5.41, 5.74) is 1.30. The highest BCUT2D eigenvalue weighted by Crippen LogP contribution is 2.66. The third-order valence-corrected chi connectivity index (χ3v) is 4.29. The predicted octanol–water partition coefficient (Wildman–Crippen LogP) is 1.35. The largest absolute Gasteiger partial charge is 0.384 e. The number of aliphatic hydroxyl groups is 1. The molecule has 4 nitrogen and oxygen atoms in total. The molecule has 16 heavy (non-hydrogen) atoms. The van der Waals surface area contributed by atoms with Gasteiger partial charge in [-0.2, -0.15) is 5.10 Å². The van der Waals surface area contributed by atoms with Crippen molar-refractivity contribution < 1.29 is 5.11 Å². The van der Waals surface area contributed by atoms with E-state index < -0.39 is 5.60 Å². The fourth-order valence-electron chi connectivity index (χ4n) is 3.46. The van der Waals surface area contributed by atoms with Crippen LogP contribution in [0.4, 0.5) is 0 Å². The van der Waals surface area contributed by atoms with Gasteiger partial charge in [0.25, 0.3) is 0 Å². The summed E-state index contributed by atoms with van der Waals surface area (Å²) in [6, 6.07) is 0. The van der Waals surface area contributed by atoms with Crippen molar-refractivity contribution in [2.45, 2.75) is 24.9 Å². The summed E-state index contributed by atoms with van der Waals surface area (Å²) in [5, 5.41) is 15.0. The second-order valence-electron chi connectivity index (χ2n) is 4.93. The first-order chi connectivity index (χ1) is 7.82. The van der Waals surface area contributed by atoms with Crippen LogP contribution in [0.2, 0.25) is 0 Å². The summed E-state index contributed by atoms with van der Waals surface area (Å²) in [4.78, 5) is 4.11. The molecule has 0 aliphatic heterocycles. The third kappa shape index (κ3) is 0.849. The molecular formula is C12H13N3O. The maximum absolute atomic E-state index is 10.7. The summed E-state index contributed by atoms with van der Waals surface area (Å²) < 4.78 is 1.79. The highest BCUT2D eigenvalue weighted by Gasteiger charge is 2.67. The molecule has 2 aliphatic carbocycles. The Bertz CT molecular complexity index is 552. The zero-order valence-corrected chi connectivity index (χ0v) is 8.87. The molecule has 2 fully saturated rings. The minimum atomic E-state index is -0.608. The van der Waals surface area contributed by atoms with Gasteiger partial charge in [0.2, 0.25) is 0 Å². The lowest BCUT2D eigenvalue weighted by Crippen LogP contribution is -2.12. The number of nitrogens with zero attached hydrogens (tertiary/aromatic N) is 3. The second kappa shape index (κ2) is 2.63. The molecule has 0 bridgehead atoms. The van der Waals surface area contributed by atoms with Crippen LogP contribution in [0, 0.1) is 11.8 Å². The number of aromatic nitrogens is 3. The van der Waals surface area contributed by atoms with E-state index in [0.717, 1.165) is 23.9 Å². The minimum absolute atomic E-state index is 0.459. The van der Waals surface area contributed by atoms with Crippen molar-refractivity contribution in [2.24, 2.45) is 11.8 Å². The van der Waals surface area contributed by atoms with E-state index in [-0.39, 0.29) is 0 Å². The van der Waals surface area contributed by atoms with Gasteiger partial charge in [-0.25, -0.2) is 4.52 Å². The quantitative estimate of drug-likeness (QED) is 0.781. The van der Waals surface area contributed by atoms with Crippen molar-refractivity contribution in [3.8, 4) is 0 Å². The van der Waals surface area contributed by atoms with Crippen LogP contribution >= 0.6 is 0 Å². The highest BCUT2D eigenvalue weighted by atomic mass is 16.3. The molecule has 1 N–H and O–H groups in total. The average molecular weight is 215 g/mol. The van der Waals surface area contributed by atoms with Crippen LogP contribution in [0.25, 0.3) is 5.52 Å². The number of rotatable bonds is 1. The zero-order valence-electron chi connectivity index (χ0n) is 8.87. The Morgan fingerprint density at radius 3 is 2.94 bits per heavy atom. The fraction of sp³-hybridized carbons (Fsp3) is 0.500. The van der Waals surface area contributed by atoms with Crippen LogP contribution in [-0.4, -0.2) is 19.7 Å². The van der Waals surface area contributed by atoms with Crippen molar-refractivity contribution in [3.63, 3.8) is 0 Å². The molecule has 2 atom stereocenters. The highest BCUT2D eigenvalue weighted by molar-refractivity contribution is 5.57. The van der Waals surface area contributed by atoms with Crippen LogP contribution in [0.15, 0.2) is 24.8 Å². The Balaban J connectivity index is 1.89.